The molecule has 1 unspecified atom stereocenters. The van der Waals surface area contributed by atoms with Crippen molar-refractivity contribution < 1.29 is 0 Å². The minimum Gasteiger partial charge on any atom is -0.305 e. The van der Waals surface area contributed by atoms with Gasteiger partial charge in [0, 0.05) is 10.3 Å². The van der Waals surface area contributed by atoms with Crippen LogP contribution in [0.4, 0.5) is 0 Å². The van der Waals surface area contributed by atoms with Gasteiger partial charge in [-0.05, 0) is 49.0 Å². The summed E-state index contributed by atoms with van der Waals surface area (Å²) in [4.78, 5) is 6.20. The van der Waals surface area contributed by atoms with Crippen LogP contribution in [0.15, 0.2) is 47.8 Å². The summed E-state index contributed by atoms with van der Waals surface area (Å²) < 4.78 is 0. The highest BCUT2D eigenvalue weighted by Crippen LogP contribution is 2.26. The highest BCUT2D eigenvalue weighted by molar-refractivity contribution is 7.10. The van der Waals surface area contributed by atoms with Gasteiger partial charge in [0.25, 0.3) is 0 Å². The lowest BCUT2D eigenvalue weighted by molar-refractivity contribution is 0.589. The standard InChI is InChI=1S/C18H20N2S/c1-3-10-19-18(15-11-13(2)21-12-15)17-9-8-14-6-4-5-7-16(14)20-17/h4-9,11-12,18-19H,3,10H2,1-2H3. The molecule has 3 heteroatoms. The molecule has 108 valence electrons. The quantitative estimate of drug-likeness (QED) is 0.738. The fourth-order valence-corrected chi connectivity index (χ4v) is 3.27. The van der Waals surface area contributed by atoms with Crippen molar-refractivity contribution in [1.29, 1.82) is 0 Å². The number of fused-ring (bicyclic) bond motifs is 1. The van der Waals surface area contributed by atoms with Gasteiger partial charge in [-0.3, -0.25) is 4.98 Å². The van der Waals surface area contributed by atoms with Crippen LogP contribution >= 0.6 is 11.3 Å². The fourth-order valence-electron chi connectivity index (χ4n) is 2.54. The molecule has 0 aliphatic heterocycles. The number of aryl methyl sites for hydroxylation is 1. The molecule has 2 aromatic heterocycles. The molecule has 0 aliphatic carbocycles. The summed E-state index contributed by atoms with van der Waals surface area (Å²) in [5.74, 6) is 0. The third kappa shape index (κ3) is 3.14. The van der Waals surface area contributed by atoms with Crippen LogP contribution in [-0.4, -0.2) is 11.5 Å². The number of nitrogens with zero attached hydrogens (tertiary/aromatic N) is 1. The molecule has 0 spiro atoms. The van der Waals surface area contributed by atoms with E-state index in [0.717, 1.165) is 24.2 Å². The molecule has 0 amide bonds. The van der Waals surface area contributed by atoms with E-state index in [1.165, 1.54) is 15.8 Å². The summed E-state index contributed by atoms with van der Waals surface area (Å²) in [5, 5.41) is 7.05. The van der Waals surface area contributed by atoms with Crippen LogP contribution < -0.4 is 5.32 Å². The Hall–Kier alpha value is -1.71. The Labute approximate surface area is 129 Å². The third-order valence-corrected chi connectivity index (χ3v) is 4.48. The second-order valence-corrected chi connectivity index (χ2v) is 6.42. The van der Waals surface area contributed by atoms with E-state index in [-0.39, 0.29) is 6.04 Å². The van der Waals surface area contributed by atoms with Gasteiger partial charge in [0.05, 0.1) is 17.3 Å². The third-order valence-electron chi connectivity index (χ3n) is 3.60. The molecule has 0 aliphatic rings. The number of hydrogen-bond donors (Lipinski definition) is 1. The van der Waals surface area contributed by atoms with Crippen LogP contribution in [0.25, 0.3) is 10.9 Å². The highest BCUT2D eigenvalue weighted by Gasteiger charge is 2.16. The lowest BCUT2D eigenvalue weighted by Crippen LogP contribution is -2.23. The molecule has 1 aromatic carbocycles. The number of nitrogens with one attached hydrogen (secondary N) is 1. The molecule has 0 fully saturated rings. The molecule has 2 heterocycles. The first-order valence-corrected chi connectivity index (χ1v) is 8.30. The Kier molecular flexibility index (Phi) is 4.32. The number of rotatable bonds is 5. The molecule has 1 atom stereocenters. The van der Waals surface area contributed by atoms with Crippen LogP contribution in [-0.2, 0) is 0 Å². The van der Waals surface area contributed by atoms with E-state index in [0.29, 0.717) is 0 Å². The molecule has 3 rings (SSSR count). The van der Waals surface area contributed by atoms with Crippen LogP contribution in [0.3, 0.4) is 0 Å². The van der Waals surface area contributed by atoms with Crippen molar-refractivity contribution in [2.75, 3.05) is 6.54 Å². The Morgan fingerprint density at radius 2 is 2.05 bits per heavy atom. The van der Waals surface area contributed by atoms with Crippen molar-refractivity contribution in [2.24, 2.45) is 0 Å². The van der Waals surface area contributed by atoms with E-state index in [1.807, 2.05) is 6.07 Å². The molecule has 0 saturated carbocycles. The maximum atomic E-state index is 4.86. The van der Waals surface area contributed by atoms with Crippen LogP contribution in [0.2, 0.25) is 0 Å². The second kappa shape index (κ2) is 6.37. The largest absolute Gasteiger partial charge is 0.305 e. The smallest absolute Gasteiger partial charge is 0.0759 e. The topological polar surface area (TPSA) is 24.9 Å². The summed E-state index contributed by atoms with van der Waals surface area (Å²) in [6, 6.07) is 15.0. The van der Waals surface area contributed by atoms with Gasteiger partial charge >= 0.3 is 0 Å². The van der Waals surface area contributed by atoms with Gasteiger partial charge in [-0.1, -0.05) is 31.2 Å². The van der Waals surface area contributed by atoms with Gasteiger partial charge in [-0.15, -0.1) is 11.3 Å². The van der Waals surface area contributed by atoms with E-state index < -0.39 is 0 Å². The summed E-state index contributed by atoms with van der Waals surface area (Å²) in [6.45, 7) is 5.34. The van der Waals surface area contributed by atoms with Crippen molar-refractivity contribution in [3.8, 4) is 0 Å². The highest BCUT2D eigenvalue weighted by atomic mass is 32.1. The average molecular weight is 296 g/mol. The predicted molar refractivity (Wildman–Crippen MR) is 90.9 cm³/mol. The zero-order chi connectivity index (χ0) is 14.7. The SMILES string of the molecule is CCCNC(c1csc(C)c1)c1ccc2ccccc2n1. The Morgan fingerprint density at radius 3 is 2.81 bits per heavy atom. The van der Waals surface area contributed by atoms with Gasteiger partial charge in [0.2, 0.25) is 0 Å². The minimum atomic E-state index is 0.180. The molecular formula is C18H20N2S. The first-order valence-electron chi connectivity index (χ1n) is 7.42. The number of benzene rings is 1. The van der Waals surface area contributed by atoms with E-state index in [4.69, 9.17) is 4.98 Å². The lowest BCUT2D eigenvalue weighted by Gasteiger charge is -2.17. The molecule has 2 nitrogen and oxygen atoms in total. The zero-order valence-corrected chi connectivity index (χ0v) is 13.3. The number of hydrogen-bond acceptors (Lipinski definition) is 3. The summed E-state index contributed by atoms with van der Waals surface area (Å²) in [5.41, 5.74) is 3.47. The van der Waals surface area contributed by atoms with Gasteiger partial charge in [0.15, 0.2) is 0 Å². The molecule has 21 heavy (non-hydrogen) atoms. The van der Waals surface area contributed by atoms with Gasteiger partial charge in [0.1, 0.15) is 0 Å². The number of pyridine rings is 1. The van der Waals surface area contributed by atoms with Crippen molar-refractivity contribution in [1.82, 2.24) is 10.3 Å². The molecule has 0 radical (unpaired) electrons. The molecule has 1 N–H and O–H groups in total. The molecule has 3 aromatic rings. The minimum absolute atomic E-state index is 0.180. The van der Waals surface area contributed by atoms with Gasteiger partial charge in [-0.25, -0.2) is 0 Å². The predicted octanol–water partition coefficient (Wildman–Crippen LogP) is 4.69. The second-order valence-electron chi connectivity index (χ2n) is 5.31. The summed E-state index contributed by atoms with van der Waals surface area (Å²) in [6.07, 6.45) is 1.12. The molecular weight excluding hydrogens is 276 g/mol. The zero-order valence-electron chi connectivity index (χ0n) is 12.5. The maximum absolute atomic E-state index is 4.86. The van der Waals surface area contributed by atoms with Crippen LogP contribution in [0.1, 0.15) is 35.5 Å². The van der Waals surface area contributed by atoms with Gasteiger partial charge < -0.3 is 5.32 Å². The van der Waals surface area contributed by atoms with E-state index in [9.17, 15) is 0 Å². The molecule has 0 saturated heterocycles. The first kappa shape index (κ1) is 14.2. The van der Waals surface area contributed by atoms with E-state index >= 15 is 0 Å². The van der Waals surface area contributed by atoms with Crippen molar-refractivity contribution in [3.63, 3.8) is 0 Å². The monoisotopic (exact) mass is 296 g/mol. The Balaban J connectivity index is 2.00. The normalized spacial score (nSPS) is 12.7. The average Bonchev–Trinajstić information content (AvgIpc) is 2.94. The maximum Gasteiger partial charge on any atom is 0.0759 e. The van der Waals surface area contributed by atoms with Crippen molar-refractivity contribution in [2.45, 2.75) is 26.3 Å². The Morgan fingerprint density at radius 1 is 1.19 bits per heavy atom. The fraction of sp³-hybridized carbons (Fsp3) is 0.278. The van der Waals surface area contributed by atoms with Crippen molar-refractivity contribution in [3.05, 3.63) is 64.0 Å². The first-order chi connectivity index (χ1) is 10.3. The Bertz CT molecular complexity index is 733. The molecule has 0 bridgehead atoms. The number of thiophene rings is 1. The summed E-state index contributed by atoms with van der Waals surface area (Å²) >= 11 is 1.80. The van der Waals surface area contributed by atoms with Crippen LogP contribution in [0, 0.1) is 6.92 Å². The van der Waals surface area contributed by atoms with E-state index in [1.54, 1.807) is 11.3 Å². The number of para-hydroxylation sites is 1. The van der Waals surface area contributed by atoms with Crippen LogP contribution in [0.5, 0.6) is 0 Å². The van der Waals surface area contributed by atoms with Gasteiger partial charge in [-0.2, -0.15) is 0 Å². The van der Waals surface area contributed by atoms with Crippen molar-refractivity contribution >= 4 is 22.2 Å². The summed E-state index contributed by atoms with van der Waals surface area (Å²) in [7, 11) is 0. The van der Waals surface area contributed by atoms with E-state index in [2.05, 4.69) is 60.9 Å². The lowest BCUT2D eigenvalue weighted by atomic mass is 10.0. The number of aromatic nitrogens is 1.